The van der Waals surface area contributed by atoms with Crippen molar-refractivity contribution in [1.82, 2.24) is 9.78 Å². The van der Waals surface area contributed by atoms with E-state index >= 15 is 0 Å². The highest BCUT2D eigenvalue weighted by molar-refractivity contribution is 6.01. The van der Waals surface area contributed by atoms with Gasteiger partial charge < -0.3 is 9.47 Å². The second-order valence-corrected chi connectivity index (χ2v) is 5.82. The Morgan fingerprint density at radius 1 is 1.08 bits per heavy atom. The maximum absolute atomic E-state index is 12.9. The van der Waals surface area contributed by atoms with Gasteiger partial charge in [-0.2, -0.15) is 0 Å². The highest BCUT2D eigenvalue weighted by Crippen LogP contribution is 2.32. The van der Waals surface area contributed by atoms with E-state index in [4.69, 9.17) is 9.47 Å². The van der Waals surface area contributed by atoms with Gasteiger partial charge in [0, 0.05) is 11.8 Å². The molecule has 0 aliphatic carbocycles. The molecular weight excluding hydrogens is 330 g/mol. The molecule has 6 heteroatoms. The number of methoxy groups -OCH3 is 2. The number of rotatable bonds is 5. The van der Waals surface area contributed by atoms with Gasteiger partial charge >= 0.3 is 0 Å². The molecule has 1 aromatic heterocycles. The highest BCUT2D eigenvalue weighted by Gasteiger charge is 2.16. The monoisotopic (exact) mass is 351 g/mol. The molecule has 1 heterocycles. The predicted molar refractivity (Wildman–Crippen MR) is 103 cm³/mol. The van der Waals surface area contributed by atoms with Gasteiger partial charge in [-0.3, -0.25) is 9.89 Å². The average molecular weight is 351 g/mol. The van der Waals surface area contributed by atoms with Gasteiger partial charge in [0.1, 0.15) is 17.2 Å². The molecule has 0 radical (unpaired) electrons. The van der Waals surface area contributed by atoms with Gasteiger partial charge in [0.2, 0.25) is 0 Å². The minimum absolute atomic E-state index is 0.142. The minimum Gasteiger partial charge on any atom is -0.497 e. The van der Waals surface area contributed by atoms with E-state index in [0.29, 0.717) is 28.5 Å². The number of hydrogen-bond donors (Lipinski definition) is 1. The number of aryl methyl sites for hydroxylation is 1. The first-order valence-corrected chi connectivity index (χ1v) is 8.20. The first-order chi connectivity index (χ1) is 12.5. The van der Waals surface area contributed by atoms with E-state index < -0.39 is 0 Å². The standard InChI is InChI=1S/C20H21N3O3/c1-13(21-17-12-16(25-3)10-11-18(17)26-4)19-14(2)22-23(20(19)24)15-8-6-5-7-9-15/h5-12,22H,1-4H3. The van der Waals surface area contributed by atoms with Crippen LogP contribution in [0, 0.1) is 6.92 Å². The molecule has 0 amide bonds. The van der Waals surface area contributed by atoms with Gasteiger partial charge in [0.05, 0.1) is 31.2 Å². The number of aromatic nitrogens is 2. The summed E-state index contributed by atoms with van der Waals surface area (Å²) in [6.07, 6.45) is 0. The van der Waals surface area contributed by atoms with E-state index in [1.165, 1.54) is 4.68 Å². The SMILES string of the molecule is COc1ccc(OC)c(N=C(C)c2c(C)[nH]n(-c3ccccc3)c2=O)c1. The van der Waals surface area contributed by atoms with Crippen LogP contribution in [0.15, 0.2) is 58.3 Å². The van der Waals surface area contributed by atoms with Gasteiger partial charge in [-0.25, -0.2) is 9.67 Å². The molecule has 0 bridgehead atoms. The van der Waals surface area contributed by atoms with Gasteiger partial charge in [-0.1, -0.05) is 18.2 Å². The van der Waals surface area contributed by atoms with E-state index in [1.54, 1.807) is 32.4 Å². The lowest BCUT2D eigenvalue weighted by Crippen LogP contribution is -2.19. The Hall–Kier alpha value is -3.28. The molecule has 6 nitrogen and oxygen atoms in total. The summed E-state index contributed by atoms with van der Waals surface area (Å²) in [5.41, 5.74) is 3.14. The molecule has 2 aromatic carbocycles. The van der Waals surface area contributed by atoms with Crippen LogP contribution in [-0.4, -0.2) is 29.7 Å². The number of aromatic amines is 1. The Morgan fingerprint density at radius 3 is 2.46 bits per heavy atom. The summed E-state index contributed by atoms with van der Waals surface area (Å²) in [6.45, 7) is 3.67. The zero-order valence-electron chi connectivity index (χ0n) is 15.2. The van der Waals surface area contributed by atoms with Crippen LogP contribution in [0.1, 0.15) is 18.2 Å². The molecular formula is C20H21N3O3. The summed E-state index contributed by atoms with van der Waals surface area (Å²) in [5, 5.41) is 3.11. The Balaban J connectivity index is 2.09. The van der Waals surface area contributed by atoms with Gasteiger partial charge in [0.25, 0.3) is 5.56 Å². The smallest absolute Gasteiger partial charge is 0.280 e. The third-order valence-electron chi connectivity index (χ3n) is 4.12. The van der Waals surface area contributed by atoms with Crippen molar-refractivity contribution >= 4 is 11.4 Å². The third-order valence-corrected chi connectivity index (χ3v) is 4.12. The molecule has 26 heavy (non-hydrogen) atoms. The van der Waals surface area contributed by atoms with Crippen molar-refractivity contribution in [1.29, 1.82) is 0 Å². The van der Waals surface area contributed by atoms with Crippen LogP contribution in [0.25, 0.3) is 5.69 Å². The molecule has 134 valence electrons. The van der Waals surface area contributed by atoms with Crippen molar-refractivity contribution < 1.29 is 9.47 Å². The molecule has 0 unspecified atom stereocenters. The normalized spacial score (nSPS) is 11.5. The number of nitrogens with one attached hydrogen (secondary N) is 1. The maximum atomic E-state index is 12.9. The molecule has 0 atom stereocenters. The first kappa shape index (κ1) is 17.5. The first-order valence-electron chi connectivity index (χ1n) is 8.20. The number of para-hydroxylation sites is 1. The zero-order valence-corrected chi connectivity index (χ0v) is 15.2. The van der Waals surface area contributed by atoms with Gasteiger partial charge in [0.15, 0.2) is 0 Å². The summed E-state index contributed by atoms with van der Waals surface area (Å²) >= 11 is 0. The lowest BCUT2D eigenvalue weighted by atomic mass is 10.1. The lowest BCUT2D eigenvalue weighted by Gasteiger charge is -2.07. The van der Waals surface area contributed by atoms with Crippen LogP contribution >= 0.6 is 0 Å². The third kappa shape index (κ3) is 3.26. The number of benzene rings is 2. The number of nitrogens with zero attached hydrogens (tertiary/aromatic N) is 2. The van der Waals surface area contributed by atoms with Crippen LogP contribution < -0.4 is 15.0 Å². The minimum atomic E-state index is -0.142. The molecule has 0 aliphatic heterocycles. The topological polar surface area (TPSA) is 68.6 Å². The van der Waals surface area contributed by atoms with E-state index in [1.807, 2.05) is 44.2 Å². The van der Waals surface area contributed by atoms with E-state index in [9.17, 15) is 4.79 Å². The molecule has 3 aromatic rings. The Labute approximate surface area is 151 Å². The van der Waals surface area contributed by atoms with Crippen molar-refractivity contribution in [3.05, 3.63) is 70.1 Å². The van der Waals surface area contributed by atoms with Gasteiger partial charge in [-0.15, -0.1) is 0 Å². The summed E-state index contributed by atoms with van der Waals surface area (Å²) < 4.78 is 12.1. The summed E-state index contributed by atoms with van der Waals surface area (Å²) in [7, 11) is 3.18. The zero-order chi connectivity index (χ0) is 18.7. The lowest BCUT2D eigenvalue weighted by molar-refractivity contribution is 0.404. The fourth-order valence-electron chi connectivity index (χ4n) is 2.85. The quantitative estimate of drug-likeness (QED) is 0.714. The van der Waals surface area contributed by atoms with Crippen molar-refractivity contribution in [2.75, 3.05) is 14.2 Å². The second kappa shape index (κ2) is 7.31. The molecule has 0 saturated carbocycles. The van der Waals surface area contributed by atoms with Crippen molar-refractivity contribution in [3.63, 3.8) is 0 Å². The fraction of sp³-hybridized carbons (Fsp3) is 0.200. The maximum Gasteiger partial charge on any atom is 0.280 e. The molecule has 0 aliphatic rings. The molecule has 0 saturated heterocycles. The van der Waals surface area contributed by atoms with E-state index in [2.05, 4.69) is 10.1 Å². The predicted octanol–water partition coefficient (Wildman–Crippen LogP) is 3.63. The Morgan fingerprint density at radius 2 is 1.81 bits per heavy atom. The Kier molecular flexibility index (Phi) is 4.93. The number of aliphatic imine (C=N–C) groups is 1. The van der Waals surface area contributed by atoms with Crippen LogP contribution in [0.2, 0.25) is 0 Å². The van der Waals surface area contributed by atoms with Gasteiger partial charge in [-0.05, 0) is 38.1 Å². The summed E-state index contributed by atoms with van der Waals surface area (Å²) in [4.78, 5) is 17.5. The molecule has 3 rings (SSSR count). The van der Waals surface area contributed by atoms with Crippen LogP contribution in [-0.2, 0) is 0 Å². The summed E-state index contributed by atoms with van der Waals surface area (Å²) in [5.74, 6) is 1.28. The number of ether oxygens (including phenoxy) is 2. The molecule has 0 fully saturated rings. The van der Waals surface area contributed by atoms with E-state index in [0.717, 1.165) is 11.4 Å². The van der Waals surface area contributed by atoms with Crippen molar-refractivity contribution in [3.8, 4) is 17.2 Å². The van der Waals surface area contributed by atoms with Crippen LogP contribution in [0.5, 0.6) is 11.5 Å². The van der Waals surface area contributed by atoms with Crippen LogP contribution in [0.4, 0.5) is 5.69 Å². The van der Waals surface area contributed by atoms with Crippen molar-refractivity contribution in [2.45, 2.75) is 13.8 Å². The number of hydrogen-bond acceptors (Lipinski definition) is 4. The molecule has 1 N–H and O–H groups in total. The molecule has 0 spiro atoms. The Bertz CT molecular complexity index is 1000. The highest BCUT2D eigenvalue weighted by atomic mass is 16.5. The fourth-order valence-corrected chi connectivity index (χ4v) is 2.85. The van der Waals surface area contributed by atoms with Crippen LogP contribution in [0.3, 0.4) is 0 Å². The second-order valence-electron chi connectivity index (χ2n) is 5.82. The van der Waals surface area contributed by atoms with Crippen molar-refractivity contribution in [2.24, 2.45) is 4.99 Å². The average Bonchev–Trinajstić information content (AvgIpc) is 2.96. The largest absolute Gasteiger partial charge is 0.497 e. The van der Waals surface area contributed by atoms with E-state index in [-0.39, 0.29) is 5.56 Å². The number of H-pyrrole nitrogens is 1. The summed E-state index contributed by atoms with van der Waals surface area (Å²) in [6, 6.07) is 14.8.